The van der Waals surface area contributed by atoms with E-state index in [-0.39, 0.29) is 18.3 Å². The Morgan fingerprint density at radius 2 is 2.15 bits per heavy atom. The van der Waals surface area contributed by atoms with Crippen LogP contribution in [0, 0.1) is 5.92 Å². The molecule has 0 radical (unpaired) electrons. The molecule has 0 fully saturated rings. The minimum Gasteiger partial charge on any atom is -0.482 e. The summed E-state index contributed by atoms with van der Waals surface area (Å²) >= 11 is 6.97. The largest absolute Gasteiger partial charge is 0.482 e. The van der Waals surface area contributed by atoms with Gasteiger partial charge in [-0.3, -0.25) is 9.78 Å². The number of Topliss-reactive ketones (excluding diaryl/α,β-unsaturated/α-hetero) is 1. The molecule has 2 rings (SSSR count). The van der Waals surface area contributed by atoms with E-state index in [2.05, 4.69) is 36.8 Å². The minimum absolute atomic E-state index is 0.0171. The van der Waals surface area contributed by atoms with Crippen LogP contribution in [0.3, 0.4) is 0 Å². The number of pyridine rings is 1. The molecule has 0 aliphatic carbocycles. The summed E-state index contributed by atoms with van der Waals surface area (Å²) in [4.78, 5) is 16.2. The van der Waals surface area contributed by atoms with Gasteiger partial charge in [0.1, 0.15) is 12.1 Å². The van der Waals surface area contributed by atoms with Crippen LogP contribution < -0.4 is 4.74 Å². The van der Waals surface area contributed by atoms with Gasteiger partial charge in [-0.25, -0.2) is 0 Å². The third-order valence-corrected chi connectivity index (χ3v) is 4.52. The van der Waals surface area contributed by atoms with Crippen LogP contribution in [0.1, 0.15) is 20.3 Å². The number of hydrogen-bond donors (Lipinski definition) is 0. The van der Waals surface area contributed by atoms with Gasteiger partial charge in [-0.1, -0.05) is 35.8 Å². The van der Waals surface area contributed by atoms with Gasteiger partial charge < -0.3 is 4.74 Å². The van der Waals surface area contributed by atoms with E-state index in [1.165, 1.54) is 0 Å². The number of rotatable bonds is 5. The van der Waals surface area contributed by atoms with Crippen molar-refractivity contribution >= 4 is 48.5 Å². The molecule has 106 valence electrons. The molecule has 3 nitrogen and oxygen atoms in total. The van der Waals surface area contributed by atoms with Gasteiger partial charge in [-0.15, -0.1) is 0 Å². The number of ether oxygens (including phenoxy) is 1. The van der Waals surface area contributed by atoms with Crippen molar-refractivity contribution in [3.63, 3.8) is 0 Å². The lowest BCUT2D eigenvalue weighted by molar-refractivity contribution is -0.124. The first kappa shape index (κ1) is 15.4. The van der Waals surface area contributed by atoms with Crippen LogP contribution in [0.2, 0.25) is 0 Å². The molecule has 1 aromatic heterocycles. The van der Waals surface area contributed by atoms with Crippen LogP contribution >= 0.6 is 31.9 Å². The number of fused-ring (bicyclic) bond motifs is 1. The van der Waals surface area contributed by atoms with E-state index in [9.17, 15) is 4.79 Å². The van der Waals surface area contributed by atoms with Gasteiger partial charge in [0.05, 0.1) is 4.47 Å². The van der Waals surface area contributed by atoms with E-state index >= 15 is 0 Å². The van der Waals surface area contributed by atoms with Crippen LogP contribution in [0.25, 0.3) is 10.9 Å². The number of benzene rings is 1. The molecule has 0 aliphatic rings. The fraction of sp³-hybridized carbons (Fsp3) is 0.333. The van der Waals surface area contributed by atoms with Gasteiger partial charge in [0.15, 0.2) is 11.5 Å². The highest BCUT2D eigenvalue weighted by molar-refractivity contribution is 9.11. The maximum absolute atomic E-state index is 11.9. The van der Waals surface area contributed by atoms with E-state index in [4.69, 9.17) is 4.74 Å². The summed E-state index contributed by atoms with van der Waals surface area (Å²) in [5, 5.41) is 0.960. The van der Waals surface area contributed by atoms with Crippen molar-refractivity contribution in [2.24, 2.45) is 5.92 Å². The number of aromatic nitrogens is 1. The average molecular weight is 401 g/mol. The molecule has 1 aromatic carbocycles. The Kier molecular flexibility index (Phi) is 5.16. The zero-order chi connectivity index (χ0) is 14.7. The quantitative estimate of drug-likeness (QED) is 0.726. The number of carbonyl (C=O) groups is 1. The van der Waals surface area contributed by atoms with Crippen molar-refractivity contribution in [3.05, 3.63) is 33.3 Å². The molecule has 0 amide bonds. The lowest BCUT2D eigenvalue weighted by Gasteiger charge is -2.13. The Balaban J connectivity index is 2.33. The Hall–Kier alpha value is -0.940. The lowest BCUT2D eigenvalue weighted by atomic mass is 10.0. The second-order valence-corrected chi connectivity index (χ2v) is 6.34. The summed E-state index contributed by atoms with van der Waals surface area (Å²) in [5.74, 6) is 0.732. The number of ketones is 1. The number of nitrogens with zero attached hydrogens (tertiary/aromatic N) is 1. The summed E-state index contributed by atoms with van der Waals surface area (Å²) in [6.07, 6.45) is 2.53. The molecule has 1 heterocycles. The summed E-state index contributed by atoms with van der Waals surface area (Å²) < 4.78 is 7.43. The topological polar surface area (TPSA) is 39.2 Å². The number of hydrogen-bond acceptors (Lipinski definition) is 3. The molecule has 1 unspecified atom stereocenters. The molecule has 20 heavy (non-hydrogen) atoms. The summed E-state index contributed by atoms with van der Waals surface area (Å²) in [5.41, 5.74) is 0.741. The molecular formula is C15H15Br2NO2. The smallest absolute Gasteiger partial charge is 0.172 e. The first-order valence-corrected chi connectivity index (χ1v) is 8.01. The maximum Gasteiger partial charge on any atom is 0.172 e. The van der Waals surface area contributed by atoms with Crippen LogP contribution in [0.5, 0.6) is 5.75 Å². The zero-order valence-corrected chi connectivity index (χ0v) is 14.5. The molecule has 5 heteroatoms. The van der Waals surface area contributed by atoms with Crippen molar-refractivity contribution in [2.45, 2.75) is 20.3 Å². The van der Waals surface area contributed by atoms with Gasteiger partial charge in [-0.2, -0.15) is 0 Å². The third kappa shape index (κ3) is 3.20. The number of carbonyl (C=O) groups excluding carboxylic acids is 1. The zero-order valence-electron chi connectivity index (χ0n) is 11.3. The van der Waals surface area contributed by atoms with E-state index in [0.29, 0.717) is 5.75 Å². The second-order valence-electron chi connectivity index (χ2n) is 4.63. The van der Waals surface area contributed by atoms with Crippen molar-refractivity contribution in [3.8, 4) is 5.75 Å². The standard InChI is InChI=1S/C15H15Br2NO2/c1-3-9(2)13(19)8-20-15-12(17)7-11(16)10-5-4-6-18-14(10)15/h4-7,9H,3,8H2,1-2H3. The average Bonchev–Trinajstić information content (AvgIpc) is 2.45. The molecule has 0 aliphatic heterocycles. The van der Waals surface area contributed by atoms with Crippen molar-refractivity contribution in [1.82, 2.24) is 4.98 Å². The highest BCUT2D eigenvalue weighted by atomic mass is 79.9. The van der Waals surface area contributed by atoms with Gasteiger partial charge in [0.25, 0.3) is 0 Å². The van der Waals surface area contributed by atoms with E-state index in [1.54, 1.807) is 6.20 Å². The molecule has 0 spiro atoms. The lowest BCUT2D eigenvalue weighted by Crippen LogP contribution is -2.18. The highest BCUT2D eigenvalue weighted by Crippen LogP contribution is 2.37. The monoisotopic (exact) mass is 399 g/mol. The fourth-order valence-corrected chi connectivity index (χ4v) is 3.18. The van der Waals surface area contributed by atoms with Gasteiger partial charge in [0.2, 0.25) is 0 Å². The van der Waals surface area contributed by atoms with E-state index in [1.807, 2.05) is 32.0 Å². The van der Waals surface area contributed by atoms with Crippen LogP contribution in [-0.4, -0.2) is 17.4 Å². The Morgan fingerprint density at radius 3 is 2.85 bits per heavy atom. The van der Waals surface area contributed by atoms with Gasteiger partial charge >= 0.3 is 0 Å². The van der Waals surface area contributed by atoms with E-state index < -0.39 is 0 Å². The summed E-state index contributed by atoms with van der Waals surface area (Å²) in [6, 6.07) is 5.74. The molecule has 0 N–H and O–H groups in total. The van der Waals surface area contributed by atoms with Crippen molar-refractivity contribution < 1.29 is 9.53 Å². The van der Waals surface area contributed by atoms with Crippen LogP contribution in [0.15, 0.2) is 33.3 Å². The predicted octanol–water partition coefficient (Wildman–Crippen LogP) is 4.75. The van der Waals surface area contributed by atoms with Crippen LogP contribution in [0.4, 0.5) is 0 Å². The summed E-state index contributed by atoms with van der Waals surface area (Å²) in [6.45, 7) is 3.98. The van der Waals surface area contributed by atoms with Crippen LogP contribution in [-0.2, 0) is 4.79 Å². The second kappa shape index (κ2) is 6.68. The Bertz CT molecular complexity index is 643. The molecule has 0 saturated heterocycles. The molecule has 0 bridgehead atoms. The third-order valence-electron chi connectivity index (χ3n) is 3.27. The SMILES string of the molecule is CCC(C)C(=O)COc1c(Br)cc(Br)c2cccnc12. The van der Waals surface area contributed by atoms with E-state index in [0.717, 1.165) is 26.3 Å². The highest BCUT2D eigenvalue weighted by Gasteiger charge is 2.15. The number of halogens is 2. The minimum atomic E-state index is 0.0171. The maximum atomic E-state index is 11.9. The summed E-state index contributed by atoms with van der Waals surface area (Å²) in [7, 11) is 0. The molecule has 1 atom stereocenters. The molecule has 2 aromatic rings. The van der Waals surface area contributed by atoms with Gasteiger partial charge in [0, 0.05) is 22.0 Å². The van der Waals surface area contributed by atoms with Gasteiger partial charge in [-0.05, 0) is 34.5 Å². The Labute approximate surface area is 135 Å². The first-order valence-electron chi connectivity index (χ1n) is 6.42. The van der Waals surface area contributed by atoms with Crippen molar-refractivity contribution in [2.75, 3.05) is 6.61 Å². The first-order chi connectivity index (χ1) is 9.54. The molecular weight excluding hydrogens is 386 g/mol. The molecule has 0 saturated carbocycles. The fourth-order valence-electron chi connectivity index (χ4n) is 1.80. The van der Waals surface area contributed by atoms with Crippen molar-refractivity contribution in [1.29, 1.82) is 0 Å². The Morgan fingerprint density at radius 1 is 1.40 bits per heavy atom. The normalized spacial score (nSPS) is 12.4. The predicted molar refractivity (Wildman–Crippen MR) is 87.1 cm³/mol.